The number of fused-ring (bicyclic) bond motifs is 8. The number of hydrogen-bond acceptors (Lipinski definition) is 0. The summed E-state index contributed by atoms with van der Waals surface area (Å²) >= 11 is 0. The van der Waals surface area contributed by atoms with Gasteiger partial charge in [0.05, 0.1) is 5.41 Å². The molecule has 8 rings (SSSR count). The van der Waals surface area contributed by atoms with Crippen LogP contribution in [0.1, 0.15) is 81.8 Å². The minimum absolute atomic E-state index is 0.323. The molecule has 0 unspecified atom stereocenters. The van der Waals surface area contributed by atoms with Gasteiger partial charge in [0.1, 0.15) is 0 Å². The van der Waals surface area contributed by atoms with Crippen molar-refractivity contribution in [2.24, 2.45) is 0 Å². The van der Waals surface area contributed by atoms with Gasteiger partial charge in [-0.25, -0.2) is 0 Å². The van der Waals surface area contributed by atoms with E-state index in [1.165, 1.54) is 83.1 Å². The molecule has 0 radical (unpaired) electrons. The van der Waals surface area contributed by atoms with Gasteiger partial charge in [-0.15, -0.1) is 0 Å². The first-order chi connectivity index (χ1) is 23.5. The van der Waals surface area contributed by atoms with Gasteiger partial charge in [-0.05, 0) is 117 Å². The molecular weight excluding hydrogens is 577 g/mol. The average Bonchev–Trinajstić information content (AvgIpc) is 3.57. The van der Waals surface area contributed by atoms with E-state index in [-0.39, 0.29) is 5.41 Å². The number of allylic oxidation sites excluding steroid dienone is 4. The Balaban J connectivity index is 0.000000969. The van der Waals surface area contributed by atoms with Crippen LogP contribution in [-0.4, -0.2) is 0 Å². The van der Waals surface area contributed by atoms with Crippen molar-refractivity contribution < 1.29 is 0 Å². The van der Waals surface area contributed by atoms with Gasteiger partial charge in [-0.3, -0.25) is 0 Å². The fraction of sp³-hybridized carbons (Fsp3) is 0.167. The molecular formula is C48H46. The fourth-order valence-electron chi connectivity index (χ4n) is 7.56. The summed E-state index contributed by atoms with van der Waals surface area (Å²) in [5.74, 6) is 0. The lowest BCUT2D eigenvalue weighted by atomic mass is 9.69. The monoisotopic (exact) mass is 622 g/mol. The molecule has 0 N–H and O–H groups in total. The molecule has 0 heterocycles. The summed E-state index contributed by atoms with van der Waals surface area (Å²) in [4.78, 5) is 0. The van der Waals surface area contributed by atoms with Crippen molar-refractivity contribution in [3.05, 3.63) is 184 Å². The molecule has 0 amide bonds. The minimum atomic E-state index is -0.323. The Kier molecular flexibility index (Phi) is 9.47. The van der Waals surface area contributed by atoms with E-state index in [0.717, 1.165) is 0 Å². The summed E-state index contributed by atoms with van der Waals surface area (Å²) < 4.78 is 0. The van der Waals surface area contributed by atoms with E-state index < -0.39 is 0 Å². The van der Waals surface area contributed by atoms with Crippen LogP contribution in [0.4, 0.5) is 0 Å². The van der Waals surface area contributed by atoms with Crippen molar-refractivity contribution in [2.45, 2.75) is 53.9 Å². The molecule has 0 aromatic heterocycles. The molecule has 0 saturated heterocycles. The molecule has 6 aromatic rings. The van der Waals surface area contributed by atoms with Crippen LogP contribution < -0.4 is 0 Å². The second kappa shape index (κ2) is 13.9. The summed E-state index contributed by atoms with van der Waals surface area (Å²) in [5, 5.41) is 2.51. The first-order valence-electron chi connectivity index (χ1n) is 17.5. The maximum absolute atomic E-state index is 2.47. The topological polar surface area (TPSA) is 0 Å². The molecule has 1 spiro atoms. The summed E-state index contributed by atoms with van der Waals surface area (Å²) in [5.41, 5.74) is 16.9. The van der Waals surface area contributed by atoms with Gasteiger partial charge in [0.25, 0.3) is 0 Å². The highest BCUT2D eigenvalue weighted by Gasteiger charge is 2.51. The van der Waals surface area contributed by atoms with Crippen LogP contribution in [0, 0.1) is 0 Å². The Morgan fingerprint density at radius 1 is 0.479 bits per heavy atom. The molecule has 48 heavy (non-hydrogen) atoms. The van der Waals surface area contributed by atoms with E-state index in [1.807, 2.05) is 27.7 Å². The SMILES string of the molecule is CC.CC.CC(C)=CC1=C(C)c2ccc(-c3ccc4cc(/C=C/c5ccccc5)ccc4c3)cc2C12c1ccccc1-c1ccccc12. The molecule has 0 aliphatic heterocycles. The number of rotatable bonds is 4. The zero-order valence-electron chi connectivity index (χ0n) is 29.4. The summed E-state index contributed by atoms with van der Waals surface area (Å²) in [7, 11) is 0. The van der Waals surface area contributed by atoms with Crippen LogP contribution in [0.5, 0.6) is 0 Å². The molecule has 0 heteroatoms. The summed E-state index contributed by atoms with van der Waals surface area (Å²) in [6.45, 7) is 14.7. The van der Waals surface area contributed by atoms with Crippen LogP contribution in [-0.2, 0) is 5.41 Å². The molecule has 0 saturated carbocycles. The third kappa shape index (κ3) is 5.46. The molecule has 238 valence electrons. The number of benzene rings is 6. The zero-order chi connectivity index (χ0) is 33.8. The van der Waals surface area contributed by atoms with Crippen LogP contribution in [0.25, 0.3) is 50.8 Å². The average molecular weight is 623 g/mol. The van der Waals surface area contributed by atoms with Crippen molar-refractivity contribution in [3.8, 4) is 22.3 Å². The molecule has 2 aliphatic carbocycles. The molecule has 2 aliphatic rings. The van der Waals surface area contributed by atoms with Gasteiger partial charge < -0.3 is 0 Å². The van der Waals surface area contributed by atoms with Crippen LogP contribution in [0.2, 0.25) is 0 Å². The fourth-order valence-corrected chi connectivity index (χ4v) is 7.56. The Morgan fingerprint density at radius 2 is 1.02 bits per heavy atom. The van der Waals surface area contributed by atoms with E-state index in [9.17, 15) is 0 Å². The van der Waals surface area contributed by atoms with Gasteiger partial charge in [0.15, 0.2) is 0 Å². The van der Waals surface area contributed by atoms with Gasteiger partial charge >= 0.3 is 0 Å². The van der Waals surface area contributed by atoms with E-state index in [2.05, 4.69) is 172 Å². The Hall–Kier alpha value is -5.20. The van der Waals surface area contributed by atoms with Crippen molar-refractivity contribution in [1.82, 2.24) is 0 Å². The van der Waals surface area contributed by atoms with E-state index in [0.29, 0.717) is 0 Å². The highest BCUT2D eigenvalue weighted by Crippen LogP contribution is 2.62. The highest BCUT2D eigenvalue weighted by atomic mass is 14.5. The first kappa shape index (κ1) is 32.7. The normalized spacial score (nSPS) is 13.3. The van der Waals surface area contributed by atoms with E-state index in [1.54, 1.807) is 0 Å². The molecule has 0 bridgehead atoms. The largest absolute Gasteiger partial charge is 0.0761 e. The molecule has 0 fully saturated rings. The quantitative estimate of drug-likeness (QED) is 0.172. The van der Waals surface area contributed by atoms with Crippen molar-refractivity contribution >= 4 is 28.5 Å². The lowest BCUT2D eigenvalue weighted by Crippen LogP contribution is -2.27. The van der Waals surface area contributed by atoms with Gasteiger partial charge in [0.2, 0.25) is 0 Å². The van der Waals surface area contributed by atoms with Gasteiger partial charge in [-0.1, -0.05) is 167 Å². The van der Waals surface area contributed by atoms with Gasteiger partial charge in [-0.2, -0.15) is 0 Å². The third-order valence-electron chi connectivity index (χ3n) is 9.49. The Labute approximate surface area is 287 Å². The maximum atomic E-state index is 2.47. The Morgan fingerprint density at radius 3 is 1.69 bits per heavy atom. The lowest BCUT2D eigenvalue weighted by molar-refractivity contribution is 0.784. The van der Waals surface area contributed by atoms with Crippen LogP contribution in [0.3, 0.4) is 0 Å². The van der Waals surface area contributed by atoms with Crippen LogP contribution >= 0.6 is 0 Å². The Bertz CT molecular complexity index is 2140. The zero-order valence-corrected chi connectivity index (χ0v) is 29.4. The maximum Gasteiger partial charge on any atom is 0.0722 e. The summed E-state index contributed by atoms with van der Waals surface area (Å²) in [6, 6.07) is 49.3. The summed E-state index contributed by atoms with van der Waals surface area (Å²) in [6.07, 6.45) is 6.79. The predicted molar refractivity (Wildman–Crippen MR) is 211 cm³/mol. The first-order valence-corrected chi connectivity index (χ1v) is 17.5. The van der Waals surface area contributed by atoms with E-state index >= 15 is 0 Å². The standard InChI is InChI=1S/C44H34.2C2H6/c1-29(2)25-42-30(3)37-24-23-36(28-43(37)44(42)40-15-9-7-13-38(40)39-14-8-10-16-41(39)44)35-22-21-33-26-32(19-20-34(33)27-35)18-17-31-11-5-4-6-12-31;2*1-2/h4-28H,1-3H3;2*1-2H3/b18-17+;;. The molecule has 0 atom stereocenters. The van der Waals surface area contributed by atoms with Crippen molar-refractivity contribution in [2.75, 3.05) is 0 Å². The molecule has 0 nitrogen and oxygen atoms in total. The van der Waals surface area contributed by atoms with E-state index in [4.69, 9.17) is 0 Å². The van der Waals surface area contributed by atoms with Crippen LogP contribution in [0.15, 0.2) is 151 Å². The minimum Gasteiger partial charge on any atom is -0.0761 e. The smallest absolute Gasteiger partial charge is 0.0722 e. The highest BCUT2D eigenvalue weighted by molar-refractivity contribution is 5.96. The molecule has 6 aromatic carbocycles. The second-order valence-corrected chi connectivity index (χ2v) is 12.4. The van der Waals surface area contributed by atoms with Gasteiger partial charge in [0, 0.05) is 0 Å². The lowest BCUT2D eigenvalue weighted by Gasteiger charge is -2.32. The third-order valence-corrected chi connectivity index (χ3v) is 9.49. The number of hydrogen-bond donors (Lipinski definition) is 0. The van der Waals surface area contributed by atoms with Crippen molar-refractivity contribution in [3.63, 3.8) is 0 Å². The predicted octanol–water partition coefficient (Wildman–Crippen LogP) is 13.8. The second-order valence-electron chi connectivity index (χ2n) is 12.4. The van der Waals surface area contributed by atoms with Crippen molar-refractivity contribution in [1.29, 1.82) is 0 Å².